The first-order valence-electron chi connectivity index (χ1n) is 14.2. The van der Waals surface area contributed by atoms with E-state index in [1.165, 1.54) is 17.0 Å². The van der Waals surface area contributed by atoms with Gasteiger partial charge in [0.15, 0.2) is 0 Å². The number of hydrogen-bond acceptors (Lipinski definition) is 5. The number of aryl methyl sites for hydroxylation is 1. The zero-order valence-corrected chi connectivity index (χ0v) is 26.4. The standard InChI is InChI=1S/C32H40ClN3O5S/c1-6-24(5)34-32(38)30(7-2)35(21-25-11-13-26(33)14-12-25)31(37)22-36(27-15-17-28(18-16-27)41-8-3)42(39,40)29-19-9-23(4)10-20-29/h9-20,24,30H,6-8,21-22H2,1-5H3,(H,34,38)/t24-,30+/m1/s1. The summed E-state index contributed by atoms with van der Waals surface area (Å²) in [4.78, 5) is 29.0. The maximum Gasteiger partial charge on any atom is 0.264 e. The Bertz CT molecular complexity index is 1430. The van der Waals surface area contributed by atoms with Gasteiger partial charge in [-0.3, -0.25) is 13.9 Å². The molecule has 0 aromatic heterocycles. The van der Waals surface area contributed by atoms with E-state index in [1.807, 2.05) is 34.6 Å². The first-order chi connectivity index (χ1) is 20.0. The number of carbonyl (C=O) groups is 2. The first kappa shape index (κ1) is 32.9. The van der Waals surface area contributed by atoms with Crippen LogP contribution in [0.2, 0.25) is 5.02 Å². The summed E-state index contributed by atoms with van der Waals surface area (Å²) in [5.41, 5.74) is 1.97. The predicted octanol–water partition coefficient (Wildman–Crippen LogP) is 5.96. The number of hydrogen-bond donors (Lipinski definition) is 1. The molecule has 2 atom stereocenters. The molecule has 0 aliphatic carbocycles. The second-order valence-electron chi connectivity index (χ2n) is 10.1. The highest BCUT2D eigenvalue weighted by atomic mass is 35.5. The number of benzene rings is 3. The second kappa shape index (κ2) is 15.1. The Morgan fingerprint density at radius 2 is 1.52 bits per heavy atom. The van der Waals surface area contributed by atoms with Crippen molar-refractivity contribution < 1.29 is 22.7 Å². The number of anilines is 1. The maximum atomic E-state index is 14.1. The van der Waals surface area contributed by atoms with Gasteiger partial charge in [0.1, 0.15) is 18.3 Å². The van der Waals surface area contributed by atoms with E-state index >= 15 is 0 Å². The van der Waals surface area contributed by atoms with Crippen molar-refractivity contribution in [3.05, 3.63) is 88.9 Å². The Balaban J connectivity index is 2.05. The number of ether oxygens (including phenoxy) is 1. The summed E-state index contributed by atoms with van der Waals surface area (Å²) < 4.78 is 34.6. The van der Waals surface area contributed by atoms with Gasteiger partial charge in [-0.15, -0.1) is 0 Å². The topological polar surface area (TPSA) is 96.0 Å². The minimum Gasteiger partial charge on any atom is -0.494 e. The highest BCUT2D eigenvalue weighted by molar-refractivity contribution is 7.92. The van der Waals surface area contributed by atoms with E-state index in [9.17, 15) is 18.0 Å². The fourth-order valence-corrected chi connectivity index (χ4v) is 5.93. The Hall–Kier alpha value is -3.56. The van der Waals surface area contributed by atoms with Crippen molar-refractivity contribution in [3.63, 3.8) is 0 Å². The summed E-state index contributed by atoms with van der Waals surface area (Å²) in [6, 6.07) is 19.1. The molecule has 0 spiro atoms. The zero-order valence-electron chi connectivity index (χ0n) is 24.8. The van der Waals surface area contributed by atoms with Crippen molar-refractivity contribution in [1.82, 2.24) is 10.2 Å². The number of sulfonamides is 1. The van der Waals surface area contributed by atoms with Crippen molar-refractivity contribution in [2.45, 2.75) is 71.0 Å². The first-order valence-corrected chi connectivity index (χ1v) is 16.0. The molecular weight excluding hydrogens is 574 g/mol. The summed E-state index contributed by atoms with van der Waals surface area (Å²) in [6.45, 7) is 9.47. The third kappa shape index (κ3) is 8.49. The van der Waals surface area contributed by atoms with Crippen LogP contribution in [0.15, 0.2) is 77.7 Å². The molecule has 8 nitrogen and oxygen atoms in total. The molecule has 3 aromatic carbocycles. The Labute approximate surface area is 254 Å². The van der Waals surface area contributed by atoms with Gasteiger partial charge in [-0.1, -0.05) is 55.3 Å². The van der Waals surface area contributed by atoms with Crippen molar-refractivity contribution in [2.24, 2.45) is 0 Å². The maximum absolute atomic E-state index is 14.1. The number of nitrogens with zero attached hydrogens (tertiary/aromatic N) is 2. The molecule has 3 aromatic rings. The molecule has 0 fully saturated rings. The summed E-state index contributed by atoms with van der Waals surface area (Å²) in [5.74, 6) is -0.221. The predicted molar refractivity (Wildman–Crippen MR) is 167 cm³/mol. The lowest BCUT2D eigenvalue weighted by Crippen LogP contribution is -2.53. The number of halogens is 1. The van der Waals surface area contributed by atoms with Crippen LogP contribution in [0, 0.1) is 6.92 Å². The molecule has 0 unspecified atom stereocenters. The van der Waals surface area contributed by atoms with E-state index in [4.69, 9.17) is 16.3 Å². The van der Waals surface area contributed by atoms with Crippen LogP contribution in [0.1, 0.15) is 51.7 Å². The Morgan fingerprint density at radius 1 is 0.905 bits per heavy atom. The lowest BCUT2D eigenvalue weighted by Gasteiger charge is -2.33. The fourth-order valence-electron chi connectivity index (χ4n) is 4.39. The lowest BCUT2D eigenvalue weighted by atomic mass is 10.1. The fraction of sp³-hybridized carbons (Fsp3) is 0.375. The largest absolute Gasteiger partial charge is 0.494 e. The molecule has 0 saturated heterocycles. The molecule has 0 heterocycles. The van der Waals surface area contributed by atoms with Crippen molar-refractivity contribution in [2.75, 3.05) is 17.5 Å². The van der Waals surface area contributed by atoms with Crippen molar-refractivity contribution >= 4 is 39.1 Å². The average molecular weight is 614 g/mol. The van der Waals surface area contributed by atoms with Gasteiger partial charge in [0.25, 0.3) is 10.0 Å². The average Bonchev–Trinajstić information content (AvgIpc) is 2.97. The normalized spacial score (nSPS) is 12.7. The van der Waals surface area contributed by atoms with Gasteiger partial charge in [0, 0.05) is 17.6 Å². The van der Waals surface area contributed by atoms with E-state index in [0.717, 1.165) is 21.9 Å². The number of rotatable bonds is 14. The third-order valence-electron chi connectivity index (χ3n) is 6.98. The summed E-state index contributed by atoms with van der Waals surface area (Å²) >= 11 is 6.08. The van der Waals surface area contributed by atoms with E-state index in [2.05, 4.69) is 5.32 Å². The molecule has 10 heteroatoms. The van der Waals surface area contributed by atoms with E-state index in [0.29, 0.717) is 29.5 Å². The molecule has 42 heavy (non-hydrogen) atoms. The quantitative estimate of drug-likeness (QED) is 0.242. The van der Waals surface area contributed by atoms with Gasteiger partial charge < -0.3 is 15.0 Å². The SMILES string of the molecule is CCOc1ccc(N(CC(=O)N(Cc2ccc(Cl)cc2)[C@@H](CC)C(=O)N[C@H](C)CC)S(=O)(=O)c2ccc(C)cc2)cc1. The van der Waals surface area contributed by atoms with Crippen molar-refractivity contribution in [1.29, 1.82) is 0 Å². The van der Waals surface area contributed by atoms with Gasteiger partial charge >= 0.3 is 0 Å². The second-order valence-corrected chi connectivity index (χ2v) is 12.4. The molecule has 3 rings (SSSR count). The van der Waals surface area contributed by atoms with Gasteiger partial charge in [-0.25, -0.2) is 8.42 Å². The summed E-state index contributed by atoms with van der Waals surface area (Å²) in [7, 11) is -4.15. The molecule has 0 radical (unpaired) electrons. The van der Waals surface area contributed by atoms with Crippen LogP contribution < -0.4 is 14.4 Å². The smallest absolute Gasteiger partial charge is 0.264 e. The molecule has 2 amide bonds. The highest BCUT2D eigenvalue weighted by Gasteiger charge is 2.34. The van der Waals surface area contributed by atoms with Crippen LogP contribution in [0.4, 0.5) is 5.69 Å². The third-order valence-corrected chi connectivity index (χ3v) is 9.02. The van der Waals surface area contributed by atoms with Crippen molar-refractivity contribution in [3.8, 4) is 5.75 Å². The van der Waals surface area contributed by atoms with Gasteiger partial charge in [0.05, 0.1) is 17.2 Å². The van der Waals surface area contributed by atoms with E-state index in [1.54, 1.807) is 60.7 Å². The number of nitrogens with one attached hydrogen (secondary N) is 1. The zero-order chi connectivity index (χ0) is 30.9. The summed E-state index contributed by atoms with van der Waals surface area (Å²) in [5, 5.41) is 3.52. The van der Waals surface area contributed by atoms with Crippen LogP contribution in [0.25, 0.3) is 0 Å². The molecule has 0 aliphatic rings. The van der Waals surface area contributed by atoms with Crippen LogP contribution in [-0.2, 0) is 26.2 Å². The van der Waals surface area contributed by atoms with E-state index < -0.39 is 28.5 Å². The number of amides is 2. The van der Waals surface area contributed by atoms with Gasteiger partial charge in [0.2, 0.25) is 11.8 Å². The van der Waals surface area contributed by atoms with E-state index in [-0.39, 0.29) is 23.4 Å². The summed E-state index contributed by atoms with van der Waals surface area (Å²) in [6.07, 6.45) is 1.07. The molecular formula is C32H40ClN3O5S. The van der Waals surface area contributed by atoms with Crippen LogP contribution in [-0.4, -0.2) is 50.4 Å². The molecule has 0 bridgehead atoms. The Kier molecular flexibility index (Phi) is 11.8. The minimum absolute atomic E-state index is 0.0561. The molecule has 0 aliphatic heterocycles. The van der Waals surface area contributed by atoms with Crippen LogP contribution >= 0.6 is 11.6 Å². The van der Waals surface area contributed by atoms with Gasteiger partial charge in [-0.05, 0) is 87.7 Å². The molecule has 1 N–H and O–H groups in total. The van der Waals surface area contributed by atoms with Gasteiger partial charge in [-0.2, -0.15) is 0 Å². The minimum atomic E-state index is -4.15. The Morgan fingerprint density at radius 3 is 2.07 bits per heavy atom. The monoisotopic (exact) mass is 613 g/mol. The molecule has 226 valence electrons. The highest BCUT2D eigenvalue weighted by Crippen LogP contribution is 2.27. The van der Waals surface area contributed by atoms with Crippen LogP contribution in [0.3, 0.4) is 0 Å². The molecule has 0 saturated carbocycles. The van der Waals surface area contributed by atoms with Crippen LogP contribution in [0.5, 0.6) is 5.75 Å². The number of carbonyl (C=O) groups excluding carboxylic acids is 2. The lowest BCUT2D eigenvalue weighted by molar-refractivity contribution is -0.140.